The molecule has 2 aromatic heterocycles. The molecular formula is C25H19ClF3N5O4S. The van der Waals surface area contributed by atoms with E-state index in [9.17, 15) is 27.3 Å². The summed E-state index contributed by atoms with van der Waals surface area (Å²) in [5.74, 6) is -3.51. The quantitative estimate of drug-likeness (QED) is 0.204. The van der Waals surface area contributed by atoms with Gasteiger partial charge in [-0.2, -0.15) is 5.10 Å². The second-order valence-corrected chi connectivity index (χ2v) is 11.4. The third-order valence-corrected chi connectivity index (χ3v) is 8.50. The number of pyridine rings is 1. The summed E-state index contributed by atoms with van der Waals surface area (Å²) in [4.78, 5) is 14.0. The van der Waals surface area contributed by atoms with Gasteiger partial charge in [0.15, 0.2) is 17.5 Å². The van der Waals surface area contributed by atoms with Gasteiger partial charge in [-0.25, -0.2) is 26.3 Å². The van der Waals surface area contributed by atoms with E-state index in [0.717, 1.165) is 29.8 Å². The molecule has 2 aromatic carbocycles. The van der Waals surface area contributed by atoms with Crippen LogP contribution in [0.4, 0.5) is 24.5 Å². The fourth-order valence-corrected chi connectivity index (χ4v) is 6.37. The fourth-order valence-electron chi connectivity index (χ4n) is 4.58. The SMILES string of the molecule is O=[N+]([O-])c1cc(F)c(-n2cc(-c3cc(Cl)cc(NS(=O)(=O)C4CCCC4)c3F)c(-c3ccncc3)n2)c(F)c1. The van der Waals surface area contributed by atoms with Crippen LogP contribution in [-0.2, 0) is 10.0 Å². The molecule has 1 aliphatic carbocycles. The van der Waals surface area contributed by atoms with E-state index in [1.165, 1.54) is 30.6 Å². The molecule has 0 atom stereocenters. The van der Waals surface area contributed by atoms with Crippen molar-refractivity contribution in [3.05, 3.63) is 87.6 Å². The van der Waals surface area contributed by atoms with Gasteiger partial charge < -0.3 is 0 Å². The molecule has 0 aliphatic heterocycles. The van der Waals surface area contributed by atoms with Crippen LogP contribution in [0.3, 0.4) is 0 Å². The lowest BCUT2D eigenvalue weighted by Gasteiger charge is -2.16. The molecule has 39 heavy (non-hydrogen) atoms. The molecule has 202 valence electrons. The lowest BCUT2D eigenvalue weighted by molar-refractivity contribution is -0.385. The molecule has 5 rings (SSSR count). The Labute approximate surface area is 225 Å². The number of nitro groups is 1. The molecule has 0 bridgehead atoms. The third kappa shape index (κ3) is 5.19. The Bertz CT molecular complexity index is 1670. The zero-order chi connectivity index (χ0) is 27.9. The van der Waals surface area contributed by atoms with Crippen LogP contribution in [0.15, 0.2) is 55.0 Å². The number of aromatic nitrogens is 3. The first-order valence-electron chi connectivity index (χ1n) is 11.7. The summed E-state index contributed by atoms with van der Waals surface area (Å²) in [6.45, 7) is 0. The maximum atomic E-state index is 15.9. The van der Waals surface area contributed by atoms with Crippen LogP contribution in [-0.4, -0.2) is 33.4 Å². The van der Waals surface area contributed by atoms with E-state index in [0.29, 0.717) is 30.5 Å². The molecule has 0 amide bonds. The Morgan fingerprint density at radius 3 is 2.28 bits per heavy atom. The van der Waals surface area contributed by atoms with E-state index < -0.39 is 49.0 Å². The van der Waals surface area contributed by atoms with Gasteiger partial charge >= 0.3 is 0 Å². The largest absolute Gasteiger partial charge is 0.280 e. The Balaban J connectivity index is 1.68. The van der Waals surface area contributed by atoms with Gasteiger partial charge in [0, 0.05) is 40.3 Å². The van der Waals surface area contributed by atoms with Crippen molar-refractivity contribution in [1.82, 2.24) is 14.8 Å². The van der Waals surface area contributed by atoms with Gasteiger partial charge in [0.1, 0.15) is 11.4 Å². The fraction of sp³-hybridized carbons (Fsp3) is 0.200. The maximum absolute atomic E-state index is 15.9. The topological polar surface area (TPSA) is 120 Å². The Kier molecular flexibility index (Phi) is 7.03. The molecule has 4 aromatic rings. The van der Waals surface area contributed by atoms with Crippen molar-refractivity contribution in [2.45, 2.75) is 30.9 Å². The molecule has 2 heterocycles. The zero-order valence-electron chi connectivity index (χ0n) is 19.9. The third-order valence-electron chi connectivity index (χ3n) is 6.43. The number of rotatable bonds is 7. The second kappa shape index (κ2) is 10.3. The number of hydrogen-bond donors (Lipinski definition) is 1. The summed E-state index contributed by atoms with van der Waals surface area (Å²) in [5.41, 5.74) is -1.60. The summed E-state index contributed by atoms with van der Waals surface area (Å²) in [7, 11) is -3.91. The standard InChI is InChI=1S/C25H19ClF3N5O4S/c26-15-9-18(23(29)22(10-15)32-39(37,38)17-3-1-2-4-17)19-13-33(31-24(19)14-5-7-30-8-6-14)25-20(27)11-16(34(35)36)12-21(25)28/h5-13,17,32H,1-4H2. The summed E-state index contributed by atoms with van der Waals surface area (Å²) >= 11 is 6.26. The summed E-state index contributed by atoms with van der Waals surface area (Å²) in [6, 6.07) is 6.53. The lowest BCUT2D eigenvalue weighted by atomic mass is 10.0. The maximum Gasteiger partial charge on any atom is 0.275 e. The molecule has 1 saturated carbocycles. The number of anilines is 1. The molecule has 1 aliphatic rings. The number of nitro benzene ring substituents is 1. The van der Waals surface area contributed by atoms with Crippen LogP contribution in [0.25, 0.3) is 28.1 Å². The first-order chi connectivity index (χ1) is 18.5. The number of nitrogens with one attached hydrogen (secondary N) is 1. The number of nitrogens with zero attached hydrogens (tertiary/aromatic N) is 4. The average molecular weight is 578 g/mol. The number of hydrogen-bond acceptors (Lipinski definition) is 6. The highest BCUT2D eigenvalue weighted by molar-refractivity contribution is 7.93. The highest BCUT2D eigenvalue weighted by Crippen LogP contribution is 2.39. The minimum Gasteiger partial charge on any atom is -0.280 e. The van der Waals surface area contributed by atoms with E-state index >= 15 is 4.39 Å². The molecule has 0 unspecified atom stereocenters. The van der Waals surface area contributed by atoms with Crippen molar-refractivity contribution in [1.29, 1.82) is 0 Å². The predicted molar refractivity (Wildman–Crippen MR) is 139 cm³/mol. The molecule has 0 spiro atoms. The second-order valence-electron chi connectivity index (χ2n) is 8.96. The first-order valence-corrected chi connectivity index (χ1v) is 13.6. The van der Waals surface area contributed by atoms with Crippen molar-refractivity contribution in [2.24, 2.45) is 0 Å². The highest BCUT2D eigenvalue weighted by atomic mass is 35.5. The van der Waals surface area contributed by atoms with Gasteiger partial charge in [-0.15, -0.1) is 0 Å². The van der Waals surface area contributed by atoms with Crippen LogP contribution in [0.1, 0.15) is 25.7 Å². The predicted octanol–water partition coefficient (Wildman–Crippen LogP) is 6.26. The van der Waals surface area contributed by atoms with Gasteiger partial charge in [0.25, 0.3) is 5.69 Å². The van der Waals surface area contributed by atoms with Crippen molar-refractivity contribution in [2.75, 3.05) is 4.72 Å². The molecule has 1 N–H and O–H groups in total. The summed E-state index contributed by atoms with van der Waals surface area (Å²) in [5, 5.41) is 14.6. The van der Waals surface area contributed by atoms with E-state index in [-0.39, 0.29) is 27.5 Å². The summed E-state index contributed by atoms with van der Waals surface area (Å²) in [6.07, 6.45) is 6.40. The van der Waals surface area contributed by atoms with Gasteiger partial charge in [0.05, 0.1) is 28.0 Å². The molecule has 1 fully saturated rings. The van der Waals surface area contributed by atoms with Crippen molar-refractivity contribution in [3.8, 4) is 28.1 Å². The Hall–Kier alpha value is -3.97. The highest BCUT2D eigenvalue weighted by Gasteiger charge is 2.30. The minimum atomic E-state index is -3.91. The van der Waals surface area contributed by atoms with E-state index in [1.54, 1.807) is 0 Å². The average Bonchev–Trinajstić information content (AvgIpc) is 3.57. The van der Waals surface area contributed by atoms with Crippen LogP contribution >= 0.6 is 11.6 Å². The van der Waals surface area contributed by atoms with Crippen LogP contribution < -0.4 is 4.72 Å². The Morgan fingerprint density at radius 2 is 1.67 bits per heavy atom. The monoisotopic (exact) mass is 577 g/mol. The van der Waals surface area contributed by atoms with Crippen molar-refractivity contribution >= 4 is 33.0 Å². The first kappa shape index (κ1) is 26.6. The normalized spacial score (nSPS) is 14.1. The molecule has 0 saturated heterocycles. The molecule has 9 nitrogen and oxygen atoms in total. The van der Waals surface area contributed by atoms with Gasteiger partial charge in [-0.3, -0.25) is 19.8 Å². The van der Waals surface area contributed by atoms with Gasteiger partial charge in [-0.05, 0) is 37.1 Å². The number of halogens is 4. The van der Waals surface area contributed by atoms with E-state index in [2.05, 4.69) is 14.8 Å². The Morgan fingerprint density at radius 1 is 1.03 bits per heavy atom. The minimum absolute atomic E-state index is 0.00310. The smallest absolute Gasteiger partial charge is 0.275 e. The lowest BCUT2D eigenvalue weighted by Crippen LogP contribution is -2.25. The molecular weight excluding hydrogens is 559 g/mol. The molecule has 14 heteroatoms. The van der Waals surface area contributed by atoms with E-state index in [4.69, 9.17) is 11.6 Å². The number of benzene rings is 2. The van der Waals surface area contributed by atoms with Crippen LogP contribution in [0.5, 0.6) is 0 Å². The van der Waals surface area contributed by atoms with Gasteiger partial charge in [-0.1, -0.05) is 24.4 Å². The number of sulfonamides is 1. The zero-order valence-corrected chi connectivity index (χ0v) is 21.5. The van der Waals surface area contributed by atoms with Gasteiger partial charge in [0.2, 0.25) is 10.0 Å². The molecule has 0 radical (unpaired) electrons. The number of non-ortho nitro benzene ring substituents is 1. The van der Waals surface area contributed by atoms with Crippen LogP contribution in [0, 0.1) is 27.6 Å². The van der Waals surface area contributed by atoms with E-state index in [1.807, 2.05) is 0 Å². The van der Waals surface area contributed by atoms with Crippen molar-refractivity contribution in [3.63, 3.8) is 0 Å². The summed E-state index contributed by atoms with van der Waals surface area (Å²) < 4.78 is 74.4. The van der Waals surface area contributed by atoms with Crippen LogP contribution in [0.2, 0.25) is 5.02 Å². The van der Waals surface area contributed by atoms with Crippen molar-refractivity contribution < 1.29 is 26.5 Å².